The molecule has 1 aromatic heterocycles. The third-order valence-electron chi connectivity index (χ3n) is 3.22. The Kier molecular flexibility index (Phi) is 4.34. The second-order valence-electron chi connectivity index (χ2n) is 4.47. The van der Waals surface area contributed by atoms with Gasteiger partial charge in [-0.3, -0.25) is 9.78 Å². The van der Waals surface area contributed by atoms with Gasteiger partial charge in [-0.1, -0.05) is 6.58 Å². The maximum absolute atomic E-state index is 11.4. The summed E-state index contributed by atoms with van der Waals surface area (Å²) in [7, 11) is 0. The zero-order chi connectivity index (χ0) is 12.8. The van der Waals surface area contributed by atoms with E-state index in [1.165, 1.54) is 6.08 Å². The van der Waals surface area contributed by atoms with Gasteiger partial charge in [-0.15, -0.1) is 0 Å². The average Bonchev–Trinajstić information content (AvgIpc) is 2.46. The van der Waals surface area contributed by atoms with Gasteiger partial charge in [-0.2, -0.15) is 0 Å². The van der Waals surface area contributed by atoms with Crippen LogP contribution in [-0.2, 0) is 4.79 Å². The lowest BCUT2D eigenvalue weighted by molar-refractivity contribution is -0.127. The summed E-state index contributed by atoms with van der Waals surface area (Å²) in [6, 6.07) is 3.77. The highest BCUT2D eigenvalue weighted by Crippen LogP contribution is 2.19. The van der Waals surface area contributed by atoms with Crippen LogP contribution < -0.4 is 4.74 Å². The molecule has 0 saturated carbocycles. The minimum atomic E-state index is 0.0293. The van der Waals surface area contributed by atoms with Crippen LogP contribution in [-0.4, -0.2) is 35.5 Å². The maximum atomic E-state index is 11.4. The largest absolute Gasteiger partial charge is 0.492 e. The first-order valence-corrected chi connectivity index (χ1v) is 6.24. The number of carbonyl (C=O) groups is 1. The number of rotatable bonds is 4. The van der Waals surface area contributed by atoms with E-state index >= 15 is 0 Å². The summed E-state index contributed by atoms with van der Waals surface area (Å²) in [5.74, 6) is 1.35. The fraction of sp³-hybridized carbons (Fsp3) is 0.429. The molecule has 4 nitrogen and oxygen atoms in total. The standard InChI is InChI=1S/C14H18N2O2/c1-2-14(17)16-8-5-12(6-9-16)11-18-13-4-3-7-15-10-13/h2-4,7,10,12H,1,5-6,8-9,11H2. The number of hydrogen-bond donors (Lipinski definition) is 0. The third-order valence-corrected chi connectivity index (χ3v) is 3.22. The van der Waals surface area contributed by atoms with Gasteiger partial charge in [-0.05, 0) is 37.0 Å². The molecule has 1 aromatic rings. The Hall–Kier alpha value is -1.84. The van der Waals surface area contributed by atoms with Crippen molar-refractivity contribution in [1.82, 2.24) is 9.88 Å². The second-order valence-corrected chi connectivity index (χ2v) is 4.47. The Morgan fingerprint density at radius 2 is 2.33 bits per heavy atom. The molecule has 1 aliphatic heterocycles. The molecule has 1 saturated heterocycles. The van der Waals surface area contributed by atoms with E-state index in [4.69, 9.17) is 4.74 Å². The highest BCUT2D eigenvalue weighted by atomic mass is 16.5. The van der Waals surface area contributed by atoms with Crippen LogP contribution in [0, 0.1) is 5.92 Å². The van der Waals surface area contributed by atoms with Crippen molar-refractivity contribution in [1.29, 1.82) is 0 Å². The molecule has 0 spiro atoms. The van der Waals surface area contributed by atoms with Crippen LogP contribution in [0.25, 0.3) is 0 Å². The van der Waals surface area contributed by atoms with Crippen molar-refractivity contribution >= 4 is 5.91 Å². The van der Waals surface area contributed by atoms with E-state index in [1.807, 2.05) is 17.0 Å². The minimum Gasteiger partial charge on any atom is -0.492 e. The van der Waals surface area contributed by atoms with Crippen molar-refractivity contribution in [2.24, 2.45) is 5.92 Å². The molecule has 0 unspecified atom stereocenters. The van der Waals surface area contributed by atoms with E-state index in [0.29, 0.717) is 12.5 Å². The molecule has 0 aromatic carbocycles. The summed E-state index contributed by atoms with van der Waals surface area (Å²) in [5, 5.41) is 0. The monoisotopic (exact) mass is 246 g/mol. The number of aromatic nitrogens is 1. The van der Waals surface area contributed by atoms with Gasteiger partial charge in [0.25, 0.3) is 0 Å². The summed E-state index contributed by atoms with van der Waals surface area (Å²) in [4.78, 5) is 17.3. The Labute approximate surface area is 107 Å². The van der Waals surface area contributed by atoms with Crippen molar-refractivity contribution in [3.63, 3.8) is 0 Å². The average molecular weight is 246 g/mol. The molecule has 2 heterocycles. The third kappa shape index (κ3) is 3.32. The van der Waals surface area contributed by atoms with E-state index in [9.17, 15) is 4.79 Å². The van der Waals surface area contributed by atoms with Crippen LogP contribution in [0.5, 0.6) is 5.75 Å². The first-order chi connectivity index (χ1) is 8.79. The van der Waals surface area contributed by atoms with Gasteiger partial charge in [0.05, 0.1) is 12.8 Å². The van der Waals surface area contributed by atoms with Crippen molar-refractivity contribution in [3.05, 3.63) is 37.2 Å². The predicted octanol–water partition coefficient (Wildman–Crippen LogP) is 1.89. The van der Waals surface area contributed by atoms with Crippen LogP contribution in [0.3, 0.4) is 0 Å². The molecule has 0 bridgehead atoms. The molecule has 0 atom stereocenters. The Morgan fingerprint density at radius 3 is 2.94 bits per heavy atom. The lowest BCUT2D eigenvalue weighted by Crippen LogP contribution is -2.38. The molecule has 96 valence electrons. The quantitative estimate of drug-likeness (QED) is 0.762. The van der Waals surface area contributed by atoms with E-state index < -0.39 is 0 Å². The smallest absolute Gasteiger partial charge is 0.245 e. The highest BCUT2D eigenvalue weighted by molar-refractivity contribution is 5.87. The second kappa shape index (κ2) is 6.19. The van der Waals surface area contributed by atoms with Gasteiger partial charge in [0.1, 0.15) is 5.75 Å². The predicted molar refractivity (Wildman–Crippen MR) is 69.2 cm³/mol. The molecule has 1 amide bonds. The number of amides is 1. The lowest BCUT2D eigenvalue weighted by atomic mass is 9.98. The van der Waals surface area contributed by atoms with E-state index in [0.717, 1.165) is 31.7 Å². The van der Waals surface area contributed by atoms with Gasteiger partial charge in [0, 0.05) is 19.3 Å². The molecule has 4 heteroatoms. The summed E-state index contributed by atoms with van der Waals surface area (Å²) >= 11 is 0. The Bertz CT molecular complexity index is 398. The Morgan fingerprint density at radius 1 is 1.56 bits per heavy atom. The molecule has 0 N–H and O–H groups in total. The van der Waals surface area contributed by atoms with Gasteiger partial charge in [-0.25, -0.2) is 0 Å². The first kappa shape index (κ1) is 12.6. The van der Waals surface area contributed by atoms with E-state index in [2.05, 4.69) is 11.6 Å². The van der Waals surface area contributed by atoms with Crippen LogP contribution in [0.4, 0.5) is 0 Å². The molecular formula is C14H18N2O2. The topological polar surface area (TPSA) is 42.4 Å². The number of carbonyl (C=O) groups excluding carboxylic acids is 1. The van der Waals surface area contributed by atoms with Crippen molar-refractivity contribution in [2.75, 3.05) is 19.7 Å². The molecule has 1 aliphatic rings. The molecule has 0 aliphatic carbocycles. The molecule has 2 rings (SSSR count). The number of hydrogen-bond acceptors (Lipinski definition) is 3. The SMILES string of the molecule is C=CC(=O)N1CCC(COc2cccnc2)CC1. The van der Waals surface area contributed by atoms with Gasteiger partial charge in [0.2, 0.25) is 5.91 Å². The fourth-order valence-electron chi connectivity index (χ4n) is 2.10. The Balaban J connectivity index is 1.74. The molecule has 1 fully saturated rings. The number of pyridine rings is 1. The van der Waals surface area contributed by atoms with Crippen molar-refractivity contribution in [2.45, 2.75) is 12.8 Å². The van der Waals surface area contributed by atoms with Crippen molar-refractivity contribution < 1.29 is 9.53 Å². The van der Waals surface area contributed by atoms with E-state index in [-0.39, 0.29) is 5.91 Å². The van der Waals surface area contributed by atoms with Gasteiger partial charge < -0.3 is 9.64 Å². The molecular weight excluding hydrogens is 228 g/mol. The van der Waals surface area contributed by atoms with Gasteiger partial charge >= 0.3 is 0 Å². The normalized spacial score (nSPS) is 16.3. The highest BCUT2D eigenvalue weighted by Gasteiger charge is 2.21. The van der Waals surface area contributed by atoms with Crippen LogP contribution in [0.1, 0.15) is 12.8 Å². The number of likely N-dealkylation sites (tertiary alicyclic amines) is 1. The number of piperidine rings is 1. The zero-order valence-electron chi connectivity index (χ0n) is 10.4. The maximum Gasteiger partial charge on any atom is 0.245 e. The fourth-order valence-corrected chi connectivity index (χ4v) is 2.10. The van der Waals surface area contributed by atoms with E-state index in [1.54, 1.807) is 12.4 Å². The van der Waals surface area contributed by atoms with Crippen LogP contribution in [0.15, 0.2) is 37.2 Å². The lowest BCUT2D eigenvalue weighted by Gasteiger charge is -2.31. The van der Waals surface area contributed by atoms with Gasteiger partial charge in [0.15, 0.2) is 0 Å². The summed E-state index contributed by atoms with van der Waals surface area (Å²) in [5.41, 5.74) is 0. The number of ether oxygens (including phenoxy) is 1. The zero-order valence-corrected chi connectivity index (χ0v) is 10.4. The summed E-state index contributed by atoms with van der Waals surface area (Å²) in [6.07, 6.45) is 6.80. The van der Waals surface area contributed by atoms with Crippen molar-refractivity contribution in [3.8, 4) is 5.75 Å². The minimum absolute atomic E-state index is 0.0293. The molecule has 0 radical (unpaired) electrons. The first-order valence-electron chi connectivity index (χ1n) is 6.24. The van der Waals surface area contributed by atoms with Crippen LogP contribution in [0.2, 0.25) is 0 Å². The summed E-state index contributed by atoms with van der Waals surface area (Å²) in [6.45, 7) is 5.80. The van der Waals surface area contributed by atoms with Crippen LogP contribution >= 0.6 is 0 Å². The number of nitrogens with zero attached hydrogens (tertiary/aromatic N) is 2. The molecule has 18 heavy (non-hydrogen) atoms. The summed E-state index contributed by atoms with van der Waals surface area (Å²) < 4.78 is 5.68.